The third-order valence-corrected chi connectivity index (χ3v) is 5.61. The van der Waals surface area contributed by atoms with Crippen molar-refractivity contribution in [2.75, 3.05) is 18.1 Å². The van der Waals surface area contributed by atoms with Gasteiger partial charge in [0.25, 0.3) is 0 Å². The van der Waals surface area contributed by atoms with Gasteiger partial charge in [-0.1, -0.05) is 63.4 Å². The molecule has 0 saturated carbocycles. The van der Waals surface area contributed by atoms with Crippen LogP contribution in [-0.4, -0.2) is 23.3 Å². The lowest BCUT2D eigenvalue weighted by Gasteiger charge is -2.14. The van der Waals surface area contributed by atoms with Gasteiger partial charge >= 0.3 is 5.97 Å². The van der Waals surface area contributed by atoms with Gasteiger partial charge in [0.2, 0.25) is 0 Å². The molecule has 29 heavy (non-hydrogen) atoms. The van der Waals surface area contributed by atoms with Crippen molar-refractivity contribution in [1.82, 2.24) is 4.98 Å². The molecule has 0 radical (unpaired) electrons. The highest BCUT2D eigenvalue weighted by Crippen LogP contribution is 2.25. The molecule has 158 valence electrons. The lowest BCUT2D eigenvalue weighted by molar-refractivity contribution is -0.144. The highest BCUT2D eigenvalue weighted by atomic mass is 32.2. The lowest BCUT2D eigenvalue weighted by atomic mass is 10.0. The molecule has 2 aromatic rings. The Morgan fingerprint density at radius 2 is 1.97 bits per heavy atom. The van der Waals surface area contributed by atoms with Gasteiger partial charge in [0.05, 0.1) is 18.1 Å². The van der Waals surface area contributed by atoms with E-state index in [9.17, 15) is 4.79 Å². The van der Waals surface area contributed by atoms with Crippen molar-refractivity contribution in [3.05, 3.63) is 48.0 Å². The fourth-order valence-corrected chi connectivity index (χ4v) is 3.61. The Balaban J connectivity index is 1.71. The average Bonchev–Trinajstić information content (AvgIpc) is 2.74. The molecule has 1 unspecified atom stereocenters. The Labute approximate surface area is 178 Å². The van der Waals surface area contributed by atoms with E-state index >= 15 is 0 Å². The number of carbonyl (C=O) groups excluding carboxylic acids is 1. The van der Waals surface area contributed by atoms with E-state index in [1.807, 2.05) is 42.5 Å². The third-order valence-electron chi connectivity index (χ3n) is 4.68. The summed E-state index contributed by atoms with van der Waals surface area (Å²) in [7, 11) is 0. The molecule has 0 aliphatic rings. The summed E-state index contributed by atoms with van der Waals surface area (Å²) in [5.74, 6) is 1.85. The van der Waals surface area contributed by atoms with E-state index in [0.29, 0.717) is 42.9 Å². The Bertz CT molecular complexity index is 740. The van der Waals surface area contributed by atoms with E-state index in [0.717, 1.165) is 23.4 Å². The number of nitrogen functional groups attached to an aromatic ring is 1. The number of pyridine rings is 1. The number of aromatic nitrogens is 1. The number of hydrogen-bond acceptors (Lipinski definition) is 6. The van der Waals surface area contributed by atoms with Crippen LogP contribution in [0.3, 0.4) is 0 Å². The molecular formula is C23H32N2O3S. The number of unbranched alkanes of at least 4 members (excludes halogenated alkanes) is 1. The fraction of sp³-hybridized carbons (Fsp3) is 0.478. The van der Waals surface area contributed by atoms with Crippen LogP contribution in [-0.2, 0) is 16.1 Å². The number of thioether (sulfide) groups is 1. The van der Waals surface area contributed by atoms with Crippen LogP contribution >= 0.6 is 11.8 Å². The summed E-state index contributed by atoms with van der Waals surface area (Å²) >= 11 is 1.49. The molecule has 5 nitrogen and oxygen atoms in total. The fourth-order valence-electron chi connectivity index (χ4n) is 2.80. The van der Waals surface area contributed by atoms with Crippen molar-refractivity contribution in [3.63, 3.8) is 0 Å². The van der Waals surface area contributed by atoms with Crippen molar-refractivity contribution in [3.8, 4) is 5.75 Å². The van der Waals surface area contributed by atoms with Crippen molar-refractivity contribution < 1.29 is 14.3 Å². The van der Waals surface area contributed by atoms with E-state index in [1.54, 1.807) is 0 Å². The third kappa shape index (κ3) is 8.77. The van der Waals surface area contributed by atoms with Crippen molar-refractivity contribution >= 4 is 23.5 Å². The molecule has 1 aromatic heterocycles. The van der Waals surface area contributed by atoms with Crippen LogP contribution in [0.4, 0.5) is 5.82 Å². The normalized spacial score (nSPS) is 11.8. The van der Waals surface area contributed by atoms with E-state index in [2.05, 4.69) is 18.8 Å². The number of hydrogen-bond donors (Lipinski definition) is 1. The number of rotatable bonds is 13. The van der Waals surface area contributed by atoms with E-state index in [4.69, 9.17) is 15.2 Å². The molecule has 2 N–H and O–H groups in total. The molecule has 1 heterocycles. The molecule has 6 heteroatoms. The minimum Gasteiger partial charge on any atom is -0.485 e. The molecule has 2 rings (SSSR count). The molecule has 0 amide bonds. The summed E-state index contributed by atoms with van der Waals surface area (Å²) in [5.41, 5.74) is 7.09. The van der Waals surface area contributed by atoms with Gasteiger partial charge in [-0.3, -0.25) is 4.79 Å². The summed E-state index contributed by atoms with van der Waals surface area (Å²) in [4.78, 5) is 16.3. The Kier molecular flexibility index (Phi) is 10.4. The maximum Gasteiger partial charge on any atom is 0.306 e. The maximum atomic E-state index is 12.0. The van der Waals surface area contributed by atoms with Crippen LogP contribution in [0.15, 0.2) is 47.5 Å². The number of carbonyl (C=O) groups is 1. The van der Waals surface area contributed by atoms with Crippen molar-refractivity contribution in [2.45, 2.75) is 57.6 Å². The maximum absolute atomic E-state index is 12.0. The van der Waals surface area contributed by atoms with Gasteiger partial charge < -0.3 is 15.2 Å². The first-order valence-corrected chi connectivity index (χ1v) is 11.3. The molecule has 1 aromatic carbocycles. The summed E-state index contributed by atoms with van der Waals surface area (Å²) in [6.45, 7) is 5.30. The van der Waals surface area contributed by atoms with Gasteiger partial charge in [0.1, 0.15) is 6.61 Å². The molecule has 0 aliphatic carbocycles. The molecule has 0 bridgehead atoms. The summed E-state index contributed by atoms with van der Waals surface area (Å²) in [5, 5.41) is 0.775. The average molecular weight is 417 g/mol. The number of benzene rings is 1. The zero-order chi connectivity index (χ0) is 20.9. The Hall–Kier alpha value is -2.21. The molecular weight excluding hydrogens is 384 g/mol. The number of ether oxygens (including phenoxy) is 2. The zero-order valence-electron chi connectivity index (χ0n) is 17.4. The lowest BCUT2D eigenvalue weighted by Crippen LogP contribution is -2.14. The predicted molar refractivity (Wildman–Crippen MR) is 119 cm³/mol. The highest BCUT2D eigenvalue weighted by Gasteiger charge is 2.11. The minimum absolute atomic E-state index is 0.150. The number of nitrogens with two attached hydrogens (primary N) is 1. The largest absolute Gasteiger partial charge is 0.485 e. The smallest absolute Gasteiger partial charge is 0.306 e. The van der Waals surface area contributed by atoms with E-state index in [-0.39, 0.29) is 5.97 Å². The van der Waals surface area contributed by atoms with Crippen LogP contribution < -0.4 is 10.5 Å². The standard InChI is InChI=1S/C23H32N2O3S/c1-3-5-9-18(4-2)16-28-22(26)14-15-29-21-13-12-20(23(24)25-21)27-17-19-10-7-6-8-11-19/h6-8,10-13,18H,3-5,9,14-17H2,1-2H3,(H2,24,25). The number of nitrogens with zero attached hydrogens (tertiary/aromatic N) is 1. The quantitative estimate of drug-likeness (QED) is 0.344. The minimum atomic E-state index is -0.150. The second-order valence-electron chi connectivity index (χ2n) is 7.01. The summed E-state index contributed by atoms with van der Waals surface area (Å²) in [6.07, 6.45) is 4.89. The van der Waals surface area contributed by atoms with Crippen molar-refractivity contribution in [2.24, 2.45) is 5.92 Å². The Morgan fingerprint density at radius 1 is 1.17 bits per heavy atom. The SMILES string of the molecule is CCCCC(CC)COC(=O)CCSc1ccc(OCc2ccccc2)c(N)n1. The number of esters is 1. The van der Waals surface area contributed by atoms with Crippen LogP contribution in [0.1, 0.15) is 51.5 Å². The molecule has 0 fully saturated rings. The van der Waals surface area contributed by atoms with E-state index < -0.39 is 0 Å². The van der Waals surface area contributed by atoms with Gasteiger partial charge in [-0.25, -0.2) is 4.98 Å². The van der Waals surface area contributed by atoms with Crippen LogP contribution in [0.25, 0.3) is 0 Å². The van der Waals surface area contributed by atoms with E-state index in [1.165, 1.54) is 24.6 Å². The molecule has 0 saturated heterocycles. The highest BCUT2D eigenvalue weighted by molar-refractivity contribution is 7.99. The van der Waals surface area contributed by atoms with Gasteiger partial charge in [0.15, 0.2) is 11.6 Å². The second-order valence-corrected chi connectivity index (χ2v) is 8.12. The first kappa shape index (κ1) is 23.1. The summed E-state index contributed by atoms with van der Waals surface area (Å²) < 4.78 is 11.2. The Morgan fingerprint density at radius 3 is 2.66 bits per heavy atom. The first-order chi connectivity index (χ1) is 14.1. The second kappa shape index (κ2) is 13.1. The first-order valence-electron chi connectivity index (χ1n) is 10.3. The van der Waals surface area contributed by atoms with Gasteiger partial charge in [0, 0.05) is 5.75 Å². The zero-order valence-corrected chi connectivity index (χ0v) is 18.2. The van der Waals surface area contributed by atoms with Crippen LogP contribution in [0.2, 0.25) is 0 Å². The molecule has 0 aliphatic heterocycles. The molecule has 1 atom stereocenters. The monoisotopic (exact) mass is 416 g/mol. The van der Waals surface area contributed by atoms with Gasteiger partial charge in [-0.05, 0) is 30.0 Å². The molecule has 0 spiro atoms. The topological polar surface area (TPSA) is 74.4 Å². The predicted octanol–water partition coefficient (Wildman–Crippen LogP) is 5.48. The summed E-state index contributed by atoms with van der Waals surface area (Å²) in [6, 6.07) is 13.6. The van der Waals surface area contributed by atoms with Crippen LogP contribution in [0.5, 0.6) is 5.75 Å². The van der Waals surface area contributed by atoms with Gasteiger partial charge in [-0.2, -0.15) is 0 Å². The number of anilines is 1. The van der Waals surface area contributed by atoms with Crippen LogP contribution in [0, 0.1) is 5.92 Å². The van der Waals surface area contributed by atoms with Crippen molar-refractivity contribution in [1.29, 1.82) is 0 Å². The van der Waals surface area contributed by atoms with Gasteiger partial charge in [-0.15, -0.1) is 11.8 Å².